The van der Waals surface area contributed by atoms with Crippen LogP contribution in [0.2, 0.25) is 0 Å². The van der Waals surface area contributed by atoms with E-state index in [-0.39, 0.29) is 11.7 Å². The van der Waals surface area contributed by atoms with Gasteiger partial charge in [-0.1, -0.05) is 24.6 Å². The van der Waals surface area contributed by atoms with E-state index in [1.807, 2.05) is 6.07 Å². The van der Waals surface area contributed by atoms with E-state index in [9.17, 15) is 14.0 Å². The van der Waals surface area contributed by atoms with Crippen molar-refractivity contribution in [3.8, 4) is 5.75 Å². The van der Waals surface area contributed by atoms with Crippen LogP contribution in [0.25, 0.3) is 0 Å². The number of carboxylic acid groups (broad SMARTS) is 1. The normalized spacial score (nSPS) is 15.0. The van der Waals surface area contributed by atoms with E-state index >= 15 is 0 Å². The number of carboxylic acids is 1. The molecule has 0 heterocycles. The highest BCUT2D eigenvalue weighted by Gasteiger charge is 2.44. The van der Waals surface area contributed by atoms with Crippen LogP contribution in [-0.2, 0) is 16.0 Å². The highest BCUT2D eigenvalue weighted by molar-refractivity contribution is 5.96. The number of ether oxygens (including phenoxy) is 1. The lowest BCUT2D eigenvalue weighted by molar-refractivity contribution is -0.139. The molecule has 6 heteroatoms. The summed E-state index contributed by atoms with van der Waals surface area (Å²) in [6.45, 7) is -0.444. The third-order valence-corrected chi connectivity index (χ3v) is 4.68. The predicted molar refractivity (Wildman–Crippen MR) is 94.6 cm³/mol. The van der Waals surface area contributed by atoms with Gasteiger partial charge in [0, 0.05) is 11.8 Å². The fourth-order valence-electron chi connectivity index (χ4n) is 3.20. The number of amides is 1. The number of benzene rings is 2. The van der Waals surface area contributed by atoms with E-state index < -0.39 is 18.0 Å². The Hall–Kier alpha value is -2.89. The second-order valence-electron chi connectivity index (χ2n) is 6.60. The van der Waals surface area contributed by atoms with Crippen molar-refractivity contribution in [3.05, 3.63) is 59.9 Å². The summed E-state index contributed by atoms with van der Waals surface area (Å²) in [6, 6.07) is 13.0. The topological polar surface area (TPSA) is 75.6 Å². The first-order chi connectivity index (χ1) is 12.5. The van der Waals surface area contributed by atoms with Gasteiger partial charge < -0.3 is 15.2 Å². The molecule has 136 valence electrons. The number of aliphatic carboxylic acids is 1. The number of anilines is 1. The Labute approximate surface area is 150 Å². The summed E-state index contributed by atoms with van der Waals surface area (Å²) in [5.41, 5.74) is 0.813. The molecule has 0 saturated heterocycles. The van der Waals surface area contributed by atoms with Crippen LogP contribution in [0.4, 0.5) is 10.1 Å². The van der Waals surface area contributed by atoms with Gasteiger partial charge in [-0.15, -0.1) is 0 Å². The first-order valence-corrected chi connectivity index (χ1v) is 8.47. The fraction of sp³-hybridized carbons (Fsp3) is 0.300. The average Bonchev–Trinajstić information content (AvgIpc) is 2.56. The monoisotopic (exact) mass is 357 g/mol. The average molecular weight is 357 g/mol. The van der Waals surface area contributed by atoms with E-state index in [1.165, 1.54) is 12.1 Å². The minimum atomic E-state index is -1.07. The molecule has 1 amide bonds. The molecule has 0 spiro atoms. The SMILES string of the molecule is O=C(O)COc1cccc(NC(=O)C2(Cc3cccc(F)c3)CCC2)c1. The number of nitrogens with one attached hydrogen (secondary N) is 1. The van der Waals surface area contributed by atoms with Crippen LogP contribution in [0.5, 0.6) is 5.75 Å². The van der Waals surface area contributed by atoms with Crippen LogP contribution >= 0.6 is 0 Å². The van der Waals surface area contributed by atoms with Crippen molar-refractivity contribution in [2.24, 2.45) is 5.41 Å². The Morgan fingerprint density at radius 1 is 1.15 bits per heavy atom. The van der Waals surface area contributed by atoms with E-state index in [4.69, 9.17) is 9.84 Å². The minimum Gasteiger partial charge on any atom is -0.482 e. The molecule has 0 bridgehead atoms. The molecule has 0 aromatic heterocycles. The van der Waals surface area contributed by atoms with Crippen LogP contribution < -0.4 is 10.1 Å². The third kappa shape index (κ3) is 4.20. The molecule has 0 radical (unpaired) electrons. The Balaban J connectivity index is 1.69. The summed E-state index contributed by atoms with van der Waals surface area (Å²) in [7, 11) is 0. The molecule has 0 atom stereocenters. The van der Waals surface area contributed by atoms with Crippen molar-refractivity contribution in [2.75, 3.05) is 11.9 Å². The van der Waals surface area contributed by atoms with Gasteiger partial charge >= 0.3 is 5.97 Å². The molecule has 2 N–H and O–H groups in total. The number of rotatable bonds is 7. The lowest BCUT2D eigenvalue weighted by Gasteiger charge is -2.40. The zero-order chi connectivity index (χ0) is 18.6. The molecule has 26 heavy (non-hydrogen) atoms. The largest absolute Gasteiger partial charge is 0.482 e. The van der Waals surface area contributed by atoms with Gasteiger partial charge in [-0.3, -0.25) is 4.79 Å². The summed E-state index contributed by atoms with van der Waals surface area (Å²) < 4.78 is 18.6. The summed E-state index contributed by atoms with van der Waals surface area (Å²) in [6.07, 6.45) is 2.96. The lowest BCUT2D eigenvalue weighted by Crippen LogP contribution is -2.43. The van der Waals surface area contributed by atoms with Crippen LogP contribution in [0.15, 0.2) is 48.5 Å². The first-order valence-electron chi connectivity index (χ1n) is 8.47. The van der Waals surface area contributed by atoms with Gasteiger partial charge in [0.15, 0.2) is 6.61 Å². The zero-order valence-corrected chi connectivity index (χ0v) is 14.2. The van der Waals surface area contributed by atoms with Crippen LogP contribution in [-0.4, -0.2) is 23.6 Å². The number of halogens is 1. The summed E-state index contributed by atoms with van der Waals surface area (Å²) in [5, 5.41) is 11.6. The molecule has 1 saturated carbocycles. The lowest BCUT2D eigenvalue weighted by atomic mass is 9.64. The second kappa shape index (κ2) is 7.56. The van der Waals surface area contributed by atoms with Crippen molar-refractivity contribution in [3.63, 3.8) is 0 Å². The fourth-order valence-corrected chi connectivity index (χ4v) is 3.20. The van der Waals surface area contributed by atoms with Gasteiger partial charge in [0.1, 0.15) is 11.6 Å². The van der Waals surface area contributed by atoms with Crippen LogP contribution in [0, 0.1) is 11.2 Å². The quantitative estimate of drug-likeness (QED) is 0.793. The summed E-state index contributed by atoms with van der Waals surface area (Å²) in [4.78, 5) is 23.4. The highest BCUT2D eigenvalue weighted by atomic mass is 19.1. The maximum Gasteiger partial charge on any atom is 0.341 e. The predicted octanol–water partition coefficient (Wildman–Crippen LogP) is 3.64. The molecule has 2 aromatic rings. The van der Waals surface area contributed by atoms with Crippen molar-refractivity contribution in [1.29, 1.82) is 0 Å². The van der Waals surface area contributed by atoms with Gasteiger partial charge in [0.2, 0.25) is 5.91 Å². The number of carbonyl (C=O) groups excluding carboxylic acids is 1. The first kappa shape index (κ1) is 17.9. The van der Waals surface area contributed by atoms with Gasteiger partial charge in [-0.2, -0.15) is 0 Å². The second-order valence-corrected chi connectivity index (χ2v) is 6.60. The van der Waals surface area contributed by atoms with Gasteiger partial charge in [-0.25, -0.2) is 9.18 Å². The van der Waals surface area contributed by atoms with Crippen LogP contribution in [0.1, 0.15) is 24.8 Å². The van der Waals surface area contributed by atoms with E-state index in [0.29, 0.717) is 17.9 Å². The molecule has 0 unspecified atom stereocenters. The molecule has 5 nitrogen and oxygen atoms in total. The van der Waals surface area contributed by atoms with Gasteiger partial charge in [0.25, 0.3) is 0 Å². The number of carbonyl (C=O) groups is 2. The zero-order valence-electron chi connectivity index (χ0n) is 14.2. The molecule has 0 aliphatic heterocycles. The van der Waals surface area contributed by atoms with Crippen LogP contribution in [0.3, 0.4) is 0 Å². The Bertz CT molecular complexity index is 817. The molecule has 3 rings (SSSR count). The number of hydrogen-bond acceptors (Lipinski definition) is 3. The van der Waals surface area contributed by atoms with Crippen molar-refractivity contribution >= 4 is 17.6 Å². The van der Waals surface area contributed by atoms with E-state index in [0.717, 1.165) is 24.8 Å². The standard InChI is InChI=1S/C20H20FNO4/c21-15-5-1-4-14(10-15)12-20(8-3-9-20)19(25)22-16-6-2-7-17(11-16)26-13-18(23)24/h1-2,4-7,10-11H,3,8-9,12-13H2,(H,22,25)(H,23,24). The van der Waals surface area contributed by atoms with Gasteiger partial charge in [0.05, 0.1) is 5.41 Å². The summed E-state index contributed by atoms with van der Waals surface area (Å²) in [5.74, 6) is -1.11. The van der Waals surface area contributed by atoms with Gasteiger partial charge in [-0.05, 0) is 49.1 Å². The summed E-state index contributed by atoms with van der Waals surface area (Å²) >= 11 is 0. The maximum atomic E-state index is 13.4. The molecular weight excluding hydrogens is 337 g/mol. The van der Waals surface area contributed by atoms with Crippen molar-refractivity contribution in [1.82, 2.24) is 0 Å². The molecule has 1 fully saturated rings. The third-order valence-electron chi connectivity index (χ3n) is 4.68. The Morgan fingerprint density at radius 3 is 2.58 bits per heavy atom. The molecular formula is C20H20FNO4. The molecule has 1 aliphatic rings. The van der Waals surface area contributed by atoms with Crippen molar-refractivity contribution in [2.45, 2.75) is 25.7 Å². The van der Waals surface area contributed by atoms with E-state index in [1.54, 1.807) is 30.3 Å². The minimum absolute atomic E-state index is 0.108. The smallest absolute Gasteiger partial charge is 0.341 e. The molecule has 1 aliphatic carbocycles. The Kier molecular flexibility index (Phi) is 5.21. The van der Waals surface area contributed by atoms with E-state index in [2.05, 4.69) is 5.32 Å². The maximum absolute atomic E-state index is 13.4. The highest BCUT2D eigenvalue weighted by Crippen LogP contribution is 2.44. The molecule has 2 aromatic carbocycles. The Morgan fingerprint density at radius 2 is 1.92 bits per heavy atom. The number of hydrogen-bond donors (Lipinski definition) is 2. The van der Waals surface area contributed by atoms with Crippen molar-refractivity contribution < 1.29 is 23.8 Å².